The third kappa shape index (κ3) is 2.15. The third-order valence-corrected chi connectivity index (χ3v) is 6.93. The summed E-state index contributed by atoms with van der Waals surface area (Å²) in [6.07, 6.45) is 0.814. The minimum Gasteiger partial charge on any atom is -0.493 e. The van der Waals surface area contributed by atoms with Gasteiger partial charge in [-0.25, -0.2) is 0 Å². The lowest BCUT2D eigenvalue weighted by atomic mass is 9.70. The highest BCUT2D eigenvalue weighted by atomic mass is 16.6. The van der Waals surface area contributed by atoms with Crippen molar-refractivity contribution in [3.05, 3.63) is 46.5 Å². The summed E-state index contributed by atoms with van der Waals surface area (Å²) in [6.45, 7) is 3.00. The molecule has 0 aliphatic carbocycles. The second-order valence-corrected chi connectivity index (χ2v) is 8.11. The predicted octanol–water partition coefficient (Wildman–Crippen LogP) is 2.72. The van der Waals surface area contributed by atoms with Crippen LogP contribution in [-0.4, -0.2) is 51.6 Å². The van der Waals surface area contributed by atoms with E-state index in [1.807, 2.05) is 31.2 Å². The van der Waals surface area contributed by atoms with Gasteiger partial charge in [-0.1, -0.05) is 6.07 Å². The van der Waals surface area contributed by atoms with Gasteiger partial charge in [-0.05, 0) is 42.7 Å². The fraction of sp³-hybridized carbons (Fsp3) is 0.478. The van der Waals surface area contributed by atoms with Gasteiger partial charge in [0.05, 0.1) is 41.1 Å². The molecule has 0 spiro atoms. The summed E-state index contributed by atoms with van der Waals surface area (Å²) in [6, 6.07) is 7.66. The van der Waals surface area contributed by atoms with E-state index in [0.717, 1.165) is 35.2 Å². The zero-order valence-corrected chi connectivity index (χ0v) is 17.9. The molecule has 2 aromatic rings. The largest absolute Gasteiger partial charge is 0.493 e. The quantitative estimate of drug-likeness (QED) is 0.827. The second kappa shape index (κ2) is 6.51. The van der Waals surface area contributed by atoms with Crippen molar-refractivity contribution >= 4 is 0 Å². The van der Waals surface area contributed by atoms with Crippen LogP contribution in [0.15, 0.2) is 24.3 Å². The van der Waals surface area contributed by atoms with Crippen LogP contribution in [0.5, 0.6) is 23.0 Å². The van der Waals surface area contributed by atoms with Gasteiger partial charge in [0.15, 0.2) is 28.7 Å². The van der Waals surface area contributed by atoms with E-state index >= 15 is 0 Å². The van der Waals surface area contributed by atoms with Crippen LogP contribution in [0.4, 0.5) is 0 Å². The van der Waals surface area contributed by atoms with Gasteiger partial charge in [-0.15, -0.1) is 0 Å². The molecule has 30 heavy (non-hydrogen) atoms. The summed E-state index contributed by atoms with van der Waals surface area (Å²) >= 11 is 0. The molecule has 3 aliphatic rings. The maximum atomic E-state index is 12.1. The van der Waals surface area contributed by atoms with Crippen molar-refractivity contribution < 1.29 is 28.8 Å². The molecule has 1 N–H and O–H groups in total. The number of methoxy groups -OCH3 is 4. The summed E-state index contributed by atoms with van der Waals surface area (Å²) in [5.41, 5.74) is 1.38. The minimum absolute atomic E-state index is 0.0495. The second-order valence-electron chi connectivity index (χ2n) is 8.11. The van der Waals surface area contributed by atoms with Crippen molar-refractivity contribution in [2.24, 2.45) is 0 Å². The first kappa shape index (κ1) is 19.5. The molecule has 160 valence electrons. The van der Waals surface area contributed by atoms with E-state index in [0.29, 0.717) is 29.6 Å². The Morgan fingerprint density at radius 3 is 2.33 bits per heavy atom. The maximum absolute atomic E-state index is 12.1. The molecule has 2 bridgehead atoms. The molecule has 1 saturated heterocycles. The number of ether oxygens (including phenoxy) is 5. The van der Waals surface area contributed by atoms with Crippen LogP contribution in [0.25, 0.3) is 0 Å². The Hall–Kier alpha value is -2.48. The predicted molar refractivity (Wildman–Crippen MR) is 109 cm³/mol. The molecular weight excluding hydrogens is 386 g/mol. The van der Waals surface area contributed by atoms with Crippen LogP contribution < -0.4 is 18.9 Å². The van der Waals surface area contributed by atoms with E-state index in [2.05, 4.69) is 4.90 Å². The first-order valence-electron chi connectivity index (χ1n) is 10.1. The van der Waals surface area contributed by atoms with Gasteiger partial charge in [-0.3, -0.25) is 4.90 Å². The zero-order chi connectivity index (χ0) is 21.3. The number of nitrogens with zero attached hydrogens (tertiary/aromatic N) is 1. The van der Waals surface area contributed by atoms with Crippen molar-refractivity contribution in [1.29, 1.82) is 0 Å². The molecule has 2 aromatic carbocycles. The highest BCUT2D eigenvalue weighted by molar-refractivity contribution is 5.60. The zero-order valence-electron chi connectivity index (χ0n) is 17.9. The van der Waals surface area contributed by atoms with Crippen molar-refractivity contribution in [3.8, 4) is 23.0 Å². The standard InChI is InChI=1S/C23H27NO6/c1-22(25)14-6-7-17(26-2)21(29-5)20(14)16-12-30-23(22)15-11-19(28-4)18(27-3)10-13(15)8-9-24(16)23/h6-7,10-11,16,25H,8-9,12H2,1-5H3/t16?,22-,23?/m0/s1. The molecule has 7 nitrogen and oxygen atoms in total. The van der Waals surface area contributed by atoms with E-state index in [1.165, 1.54) is 0 Å². The molecule has 3 heterocycles. The molecule has 7 heteroatoms. The number of aliphatic hydroxyl groups is 1. The molecule has 0 amide bonds. The Labute approximate surface area is 176 Å². The van der Waals surface area contributed by atoms with Crippen LogP contribution in [0, 0.1) is 0 Å². The third-order valence-electron chi connectivity index (χ3n) is 6.93. The number of hydrogen-bond donors (Lipinski definition) is 1. The molecule has 3 atom stereocenters. The van der Waals surface area contributed by atoms with Gasteiger partial charge < -0.3 is 28.8 Å². The summed E-state index contributed by atoms with van der Waals surface area (Å²) in [7, 11) is 6.50. The lowest BCUT2D eigenvalue weighted by molar-refractivity contribution is -0.236. The van der Waals surface area contributed by atoms with Gasteiger partial charge >= 0.3 is 0 Å². The van der Waals surface area contributed by atoms with Crippen molar-refractivity contribution in [3.63, 3.8) is 0 Å². The molecule has 1 fully saturated rings. The van der Waals surface area contributed by atoms with E-state index in [1.54, 1.807) is 28.4 Å². The summed E-state index contributed by atoms with van der Waals surface area (Å²) in [4.78, 5) is 2.26. The summed E-state index contributed by atoms with van der Waals surface area (Å²) in [5, 5.41) is 12.1. The molecule has 0 saturated carbocycles. The van der Waals surface area contributed by atoms with Gasteiger partial charge in [0.25, 0.3) is 0 Å². The first-order chi connectivity index (χ1) is 14.4. The number of rotatable bonds is 4. The van der Waals surface area contributed by atoms with E-state index in [9.17, 15) is 5.11 Å². The smallest absolute Gasteiger partial charge is 0.181 e. The first-order valence-corrected chi connectivity index (χ1v) is 10.1. The average Bonchev–Trinajstić information content (AvgIpc) is 3.13. The molecular formula is C23H27NO6. The van der Waals surface area contributed by atoms with Gasteiger partial charge in [0.1, 0.15) is 5.60 Å². The Balaban J connectivity index is 1.79. The SMILES string of the molecule is COc1cc2c(cc1OC)C13OCC(c4c(ccc(OC)c4OC)[C@]1(C)O)N3CC2. The minimum atomic E-state index is -1.33. The Morgan fingerprint density at radius 1 is 0.967 bits per heavy atom. The number of hydrogen-bond acceptors (Lipinski definition) is 7. The van der Waals surface area contributed by atoms with Crippen LogP contribution in [0.1, 0.15) is 35.2 Å². The topological polar surface area (TPSA) is 69.6 Å². The molecule has 2 unspecified atom stereocenters. The number of benzene rings is 2. The monoisotopic (exact) mass is 413 g/mol. The van der Waals surface area contributed by atoms with Crippen LogP contribution in [0.3, 0.4) is 0 Å². The maximum Gasteiger partial charge on any atom is 0.181 e. The molecule has 0 aromatic heterocycles. The van der Waals surface area contributed by atoms with Crippen LogP contribution >= 0.6 is 0 Å². The number of fused-ring (bicyclic) bond motifs is 3. The van der Waals surface area contributed by atoms with E-state index < -0.39 is 11.3 Å². The lowest BCUT2D eigenvalue weighted by Crippen LogP contribution is -2.62. The van der Waals surface area contributed by atoms with Gasteiger partial charge in [0.2, 0.25) is 0 Å². The van der Waals surface area contributed by atoms with Gasteiger partial charge in [0, 0.05) is 17.7 Å². The van der Waals surface area contributed by atoms with Crippen LogP contribution in [-0.2, 0) is 22.5 Å². The van der Waals surface area contributed by atoms with E-state index in [-0.39, 0.29) is 6.04 Å². The van der Waals surface area contributed by atoms with Crippen molar-refractivity contribution in [2.45, 2.75) is 30.7 Å². The normalized spacial score (nSPS) is 28.9. The summed E-state index contributed by atoms with van der Waals surface area (Å²) < 4.78 is 28.9. The molecule has 5 rings (SSSR count). The average molecular weight is 413 g/mol. The van der Waals surface area contributed by atoms with Crippen molar-refractivity contribution in [1.82, 2.24) is 4.90 Å². The van der Waals surface area contributed by atoms with Crippen LogP contribution in [0.2, 0.25) is 0 Å². The summed E-state index contributed by atoms with van der Waals surface area (Å²) in [5.74, 6) is 2.60. The lowest BCUT2D eigenvalue weighted by Gasteiger charge is -2.55. The molecule has 0 radical (unpaired) electrons. The Kier molecular flexibility index (Phi) is 4.23. The highest BCUT2D eigenvalue weighted by Crippen LogP contribution is 2.63. The van der Waals surface area contributed by atoms with Gasteiger partial charge in [-0.2, -0.15) is 0 Å². The van der Waals surface area contributed by atoms with E-state index in [4.69, 9.17) is 23.7 Å². The Bertz CT molecular complexity index is 1020. The fourth-order valence-electron chi connectivity index (χ4n) is 5.63. The molecule has 3 aliphatic heterocycles. The highest BCUT2D eigenvalue weighted by Gasteiger charge is 2.67. The fourth-order valence-corrected chi connectivity index (χ4v) is 5.63. The van der Waals surface area contributed by atoms with Crippen molar-refractivity contribution in [2.75, 3.05) is 41.6 Å². The Morgan fingerprint density at radius 2 is 1.67 bits per heavy atom.